The van der Waals surface area contributed by atoms with E-state index in [1.807, 2.05) is 0 Å². The van der Waals surface area contributed by atoms with E-state index in [0.717, 1.165) is 0 Å². The summed E-state index contributed by atoms with van der Waals surface area (Å²) in [6.45, 7) is -10.3. The van der Waals surface area contributed by atoms with E-state index in [1.165, 1.54) is 0 Å². The molecule has 115 heavy (non-hydrogen) atoms. The number of carboxylic acids is 3. The van der Waals surface area contributed by atoms with Crippen LogP contribution in [-0.4, -0.2) is 533 Å². The highest BCUT2D eigenvalue weighted by atomic mass is 16.8. The topological polar surface area (TPSA) is 902 Å². The maximum absolute atomic E-state index is 13.4. The third-order valence-corrected chi connectivity index (χ3v) is 21.0. The molecule has 0 spiro atoms. The Kier molecular flexibility index (Phi) is 33.0. The monoisotopic (exact) mass is 1700 g/mol. The molecule has 9 fully saturated rings. The summed E-state index contributed by atoms with van der Waals surface area (Å²) in [4.78, 5) is 39.5. The number of aliphatic carboxylic acids is 3. The van der Waals surface area contributed by atoms with Gasteiger partial charge in [0.2, 0.25) is 0 Å². The Morgan fingerprint density at radius 2 is 0.774 bits per heavy atom. The van der Waals surface area contributed by atoms with Gasteiger partial charge in [-0.3, -0.25) is 0 Å². The Morgan fingerprint density at radius 3 is 1.30 bits per heavy atom. The zero-order chi connectivity index (χ0) is 85.4. The lowest BCUT2D eigenvalue weighted by Crippen LogP contribution is -2.71. The van der Waals surface area contributed by atoms with Crippen LogP contribution in [-0.2, 0) is 94.9 Å². The first kappa shape index (κ1) is 95.3. The normalized spacial score (nSPS) is 49.5. The highest BCUT2D eigenvalue weighted by Gasteiger charge is 2.65. The molecule has 48 atom stereocenters. The van der Waals surface area contributed by atoms with E-state index >= 15 is 0 Å². The van der Waals surface area contributed by atoms with Crippen LogP contribution < -0.4 is 5.73 Å². The van der Waals surface area contributed by atoms with Crippen LogP contribution in [0.3, 0.4) is 0 Å². The van der Waals surface area contributed by atoms with Gasteiger partial charge in [-0.15, -0.1) is 0 Å². The van der Waals surface area contributed by atoms with Crippen molar-refractivity contribution in [3.8, 4) is 0 Å². The summed E-state index contributed by atoms with van der Waals surface area (Å²) in [6, 6.07) is -1.98. The number of ether oxygens (including phenoxy) is 17. The lowest BCUT2D eigenvalue weighted by molar-refractivity contribution is -0.416. The van der Waals surface area contributed by atoms with Gasteiger partial charge in [-0.05, 0) is 0 Å². The van der Waals surface area contributed by atoms with Crippen LogP contribution in [0.5, 0.6) is 0 Å². The molecule has 9 aliphatic heterocycles. The summed E-state index contributed by atoms with van der Waals surface area (Å²) in [6.07, 6.45) is -111. The molecule has 0 aromatic heterocycles. The molecule has 54 heteroatoms. The van der Waals surface area contributed by atoms with Crippen molar-refractivity contribution in [1.82, 2.24) is 0 Å². The van der Waals surface area contributed by atoms with Crippen molar-refractivity contribution in [1.29, 1.82) is 0 Å². The molecule has 0 radical (unpaired) electrons. The zero-order valence-corrected chi connectivity index (χ0v) is 59.6. The van der Waals surface area contributed by atoms with Gasteiger partial charge >= 0.3 is 17.9 Å². The standard InChI is InChI=1S/C61H101NO53/c62-21-25(79)43(106-53-32(86)26(80)23(77)18(7-67)100-53)20(9-69)102-51(21)109-46-30(84)34(88)55(112-49(46)50(92)93)108-45-35(89)39(16(75)10-99-52-31(85)28(82)29(83)38(103-52)12(71)3-63)104-56(36(45)90)110-47-37(91)57(105-41(14(73)5-65)48(47)111-54-33(87)27(81)24(78)19(8-68)101-54)107-44-17(2-60(98,58(94)95)114-42(44)15(74)6-66)113-61(59(96)97)1-11(70)22(76)40(115-61)13(72)4-64/h11-49,51-57,63-91,98H,1-10,62H2,(H,92,93)(H,94,95)(H,96,97)/t11-,12+,13-,14+,15-,16+,17-,18-,19-,20-,21-,22-,23+,24-,25-,26+,27+,28+,29+,30-,31+,32-,33-,34-,35-,36+,37+,38-,39-,40-,41-,42-,43-,44-,45+,46-,47-,48-,49+,51-,52+,53-,54+,55+,56-,57-,60-,61-/m1/s1. The van der Waals surface area contributed by atoms with E-state index in [4.69, 9.17) is 86.3 Å². The Bertz CT molecular complexity index is 3070. The molecule has 9 aliphatic rings. The van der Waals surface area contributed by atoms with Gasteiger partial charge < -0.3 is 255 Å². The highest BCUT2D eigenvalue weighted by Crippen LogP contribution is 2.44. The number of carbonyl (C=O) groups is 3. The maximum Gasteiger partial charge on any atom is 0.364 e. The van der Waals surface area contributed by atoms with Gasteiger partial charge in [0.05, 0.1) is 71.1 Å². The molecule has 9 saturated heterocycles. The third kappa shape index (κ3) is 19.8. The lowest BCUT2D eigenvalue weighted by atomic mass is 9.89. The van der Waals surface area contributed by atoms with Crippen LogP contribution in [0.4, 0.5) is 0 Å². The molecule has 0 aromatic carbocycles. The summed E-state index contributed by atoms with van der Waals surface area (Å²) >= 11 is 0. The zero-order valence-electron chi connectivity index (χ0n) is 59.6. The van der Waals surface area contributed by atoms with Crippen molar-refractivity contribution >= 4 is 17.9 Å². The van der Waals surface area contributed by atoms with Crippen LogP contribution in [0.15, 0.2) is 0 Å². The summed E-state index contributed by atoms with van der Waals surface area (Å²) in [5.74, 6) is -14.0. The van der Waals surface area contributed by atoms with Gasteiger partial charge in [-0.2, -0.15) is 0 Å². The third-order valence-electron chi connectivity index (χ3n) is 21.0. The first-order valence-electron chi connectivity index (χ1n) is 35.6. The van der Waals surface area contributed by atoms with Crippen molar-refractivity contribution in [2.24, 2.45) is 5.73 Å². The first-order chi connectivity index (χ1) is 54.0. The number of rotatable bonds is 32. The Morgan fingerprint density at radius 1 is 0.357 bits per heavy atom. The molecule has 54 nitrogen and oxygen atoms in total. The summed E-state index contributed by atoms with van der Waals surface area (Å²) in [5.41, 5.74) is 6.25. The van der Waals surface area contributed by atoms with E-state index in [1.54, 1.807) is 0 Å². The van der Waals surface area contributed by atoms with E-state index in [0.29, 0.717) is 0 Å². The smallest absolute Gasteiger partial charge is 0.364 e. The quantitative estimate of drug-likeness (QED) is 0.0297. The van der Waals surface area contributed by atoms with Gasteiger partial charge in [0.1, 0.15) is 214 Å². The second kappa shape index (κ2) is 39.8. The predicted octanol–water partition coefficient (Wildman–Crippen LogP) is -22.8. The van der Waals surface area contributed by atoms with Crippen LogP contribution >= 0.6 is 0 Å². The molecule has 9 heterocycles. The molecule has 0 aliphatic carbocycles. The van der Waals surface area contributed by atoms with Gasteiger partial charge in [0, 0.05) is 12.8 Å². The molecule has 668 valence electrons. The lowest BCUT2D eigenvalue weighted by Gasteiger charge is -2.53. The maximum atomic E-state index is 13.4. The molecule has 9 rings (SSSR count). The van der Waals surface area contributed by atoms with E-state index in [-0.39, 0.29) is 0 Å². The van der Waals surface area contributed by atoms with Crippen molar-refractivity contribution in [2.75, 3.05) is 52.9 Å². The summed E-state index contributed by atoms with van der Waals surface area (Å²) in [5, 5.41) is 362. The van der Waals surface area contributed by atoms with Gasteiger partial charge in [-0.1, -0.05) is 0 Å². The average Bonchev–Trinajstić information content (AvgIpc) is 0.749. The fourth-order valence-electron chi connectivity index (χ4n) is 14.5. The Balaban J connectivity index is 1.10. The summed E-state index contributed by atoms with van der Waals surface area (Å²) < 4.78 is 96.8. The molecule has 0 unspecified atom stereocenters. The minimum absolute atomic E-state index is 0.951. The number of hydrogen-bond acceptors (Lipinski definition) is 51. The number of aliphatic hydroxyl groups is 30. The van der Waals surface area contributed by atoms with Crippen LogP contribution in [0, 0.1) is 0 Å². The molecule has 0 amide bonds. The second-order valence-corrected chi connectivity index (χ2v) is 28.7. The Hall–Kier alpha value is -3.51. The van der Waals surface area contributed by atoms with E-state index in [9.17, 15) is 183 Å². The van der Waals surface area contributed by atoms with Crippen molar-refractivity contribution < 1.29 is 263 Å². The van der Waals surface area contributed by atoms with Gasteiger partial charge in [-0.25, -0.2) is 14.4 Å². The molecule has 0 aromatic rings. The minimum Gasteiger partial charge on any atom is -0.479 e. The first-order valence-corrected chi connectivity index (χ1v) is 35.6. The summed E-state index contributed by atoms with van der Waals surface area (Å²) in [7, 11) is 0. The molecule has 0 saturated carbocycles. The fraction of sp³-hybridized carbons (Fsp3) is 0.951. The number of carboxylic acid groups (broad SMARTS) is 3. The Labute approximate surface area is 645 Å². The average molecular weight is 1700 g/mol. The number of hydrogen-bond donors (Lipinski definition) is 34. The predicted molar refractivity (Wildman–Crippen MR) is 340 cm³/mol. The molecular formula is C61H101NO53. The van der Waals surface area contributed by atoms with Crippen LogP contribution in [0.2, 0.25) is 0 Å². The van der Waals surface area contributed by atoms with E-state index in [2.05, 4.69) is 0 Å². The fourth-order valence-corrected chi connectivity index (χ4v) is 14.5. The molecular weight excluding hydrogens is 1590 g/mol. The molecule has 35 N–H and O–H groups in total. The van der Waals surface area contributed by atoms with E-state index < -0.39 is 377 Å². The second-order valence-electron chi connectivity index (χ2n) is 28.7. The van der Waals surface area contributed by atoms with Crippen LogP contribution in [0.25, 0.3) is 0 Å². The van der Waals surface area contributed by atoms with Crippen molar-refractivity contribution in [3.63, 3.8) is 0 Å². The SMILES string of the molecule is N[C@H]1[C@@H](O[C@@H]2[C@H](O)[C@@H](O)[C@@H](O[C@@H]3[C@H](O)[C@@H](O[C@@H]4[C@H](O)[C@@H](O[C@H]5[C@@H]([C@H](O)CO)O[C@@](O)(C(=O)O)C[C@H]5O[C@]5(C(=O)O)C[C@@H](O)[C@@H](O)[C@@H]([C@H](O)CO)O5)O[C@H]([C@@H](O)CO)[C@H]4O[C@@H]4O[C@H](CO)[C@@H](O)[C@H](O)[C@H]4O)O[C@H]([C@@H](O)CO[C@H]4O[C@H]([C@@H](O)CO)[C@@H](O)[C@H](O)[C@@H]4O)[C@H]3O)O[C@@H]2C(=O)O)O[C@H](CO)[C@@H](O[C@H]2O[C@H](CO)[C@H](O)[C@H](O)[C@H]2O)[C@@H]1O. The van der Waals surface area contributed by atoms with Crippen molar-refractivity contribution in [3.05, 3.63) is 0 Å². The highest BCUT2D eigenvalue weighted by molar-refractivity contribution is 5.77. The number of aliphatic hydroxyl groups excluding tert-OH is 29. The minimum atomic E-state index is -3.71. The van der Waals surface area contributed by atoms with Gasteiger partial charge in [0.15, 0.2) is 50.1 Å². The molecule has 0 bridgehead atoms. The van der Waals surface area contributed by atoms with Crippen molar-refractivity contribution in [2.45, 2.75) is 306 Å². The van der Waals surface area contributed by atoms with Gasteiger partial charge in [0.25, 0.3) is 11.6 Å². The van der Waals surface area contributed by atoms with Crippen LogP contribution in [0.1, 0.15) is 12.8 Å². The largest absolute Gasteiger partial charge is 0.479 e. The number of nitrogens with two attached hydrogens (primary N) is 1.